The summed E-state index contributed by atoms with van der Waals surface area (Å²) in [5.41, 5.74) is 4.76. The molecule has 3 fully saturated rings. The third kappa shape index (κ3) is 5.17. The van der Waals surface area contributed by atoms with Crippen LogP contribution in [0.3, 0.4) is 0 Å². The smallest absolute Gasteiger partial charge is 0.0793 e. The molecule has 0 spiro atoms. The number of hydrogen-bond acceptors (Lipinski definition) is 2. The van der Waals surface area contributed by atoms with Crippen LogP contribution in [-0.4, -0.2) is 21.9 Å². The number of aliphatic hydroxyl groups excluding tert-OH is 1. The summed E-state index contributed by atoms with van der Waals surface area (Å²) >= 11 is 0. The molecule has 0 aromatic rings. The summed E-state index contributed by atoms with van der Waals surface area (Å²) in [5.74, 6) is 2.38. The van der Waals surface area contributed by atoms with Crippen molar-refractivity contribution in [2.75, 3.05) is 0 Å². The predicted molar refractivity (Wildman–Crippen MR) is 136 cm³/mol. The monoisotopic (exact) mass is 440 g/mol. The largest absolute Gasteiger partial charge is 0.390 e. The lowest BCUT2D eigenvalue weighted by Gasteiger charge is -2.47. The highest BCUT2D eigenvalue weighted by atomic mass is 16.3. The lowest BCUT2D eigenvalue weighted by Crippen LogP contribution is -2.38. The SMILES string of the molecule is C=C1/C(=C\C=C2/CCCC3(CC)[C@@H](C(C)CCCC(C)(C)O)CC[C@@H]23)C[C@@H](O)C(=C)C1C. The molecule has 0 bridgehead atoms. The predicted octanol–water partition coefficient (Wildman–Crippen LogP) is 7.54. The van der Waals surface area contributed by atoms with Crippen LogP contribution in [0.25, 0.3) is 0 Å². The van der Waals surface area contributed by atoms with Crippen molar-refractivity contribution in [3.8, 4) is 0 Å². The first-order chi connectivity index (χ1) is 15.0. The summed E-state index contributed by atoms with van der Waals surface area (Å²) in [6.07, 6.45) is 15.9. The molecule has 2 N–H and O–H groups in total. The number of fused-ring (bicyclic) bond motifs is 1. The van der Waals surface area contributed by atoms with Crippen LogP contribution < -0.4 is 0 Å². The van der Waals surface area contributed by atoms with Crippen molar-refractivity contribution >= 4 is 0 Å². The summed E-state index contributed by atoms with van der Waals surface area (Å²) in [6, 6.07) is 0. The van der Waals surface area contributed by atoms with E-state index in [9.17, 15) is 10.2 Å². The van der Waals surface area contributed by atoms with E-state index in [2.05, 4.69) is 46.1 Å². The molecule has 0 aromatic carbocycles. The molecule has 3 aliphatic rings. The van der Waals surface area contributed by atoms with Gasteiger partial charge in [-0.3, -0.25) is 0 Å². The second kappa shape index (κ2) is 10.0. The Bertz CT molecular complexity index is 764. The van der Waals surface area contributed by atoms with E-state index in [1.54, 1.807) is 5.57 Å². The molecule has 0 heterocycles. The molecular formula is C30H48O2. The van der Waals surface area contributed by atoms with Crippen molar-refractivity contribution in [1.82, 2.24) is 0 Å². The van der Waals surface area contributed by atoms with Gasteiger partial charge in [0.15, 0.2) is 0 Å². The van der Waals surface area contributed by atoms with Crippen molar-refractivity contribution in [2.45, 2.75) is 111 Å². The minimum Gasteiger partial charge on any atom is -0.390 e. The summed E-state index contributed by atoms with van der Waals surface area (Å²) in [6.45, 7) is 19.2. The van der Waals surface area contributed by atoms with Gasteiger partial charge in [0.05, 0.1) is 11.7 Å². The third-order valence-electron chi connectivity index (χ3n) is 9.38. The van der Waals surface area contributed by atoms with Gasteiger partial charge < -0.3 is 10.2 Å². The molecular weight excluding hydrogens is 392 g/mol. The molecule has 3 rings (SSSR count). The van der Waals surface area contributed by atoms with Crippen molar-refractivity contribution in [2.24, 2.45) is 29.1 Å². The van der Waals surface area contributed by atoms with E-state index in [4.69, 9.17) is 0 Å². The second-order valence-electron chi connectivity index (χ2n) is 11.8. The zero-order valence-corrected chi connectivity index (χ0v) is 21.4. The van der Waals surface area contributed by atoms with E-state index in [0.717, 1.165) is 35.8 Å². The maximum absolute atomic E-state index is 10.4. The van der Waals surface area contributed by atoms with Crippen molar-refractivity contribution in [3.05, 3.63) is 47.6 Å². The molecule has 3 aliphatic carbocycles. The molecule has 3 unspecified atom stereocenters. The molecule has 0 aromatic heterocycles. The van der Waals surface area contributed by atoms with Crippen LogP contribution in [0.15, 0.2) is 47.6 Å². The lowest BCUT2D eigenvalue weighted by atomic mass is 9.58. The normalized spacial score (nSPS) is 37.2. The van der Waals surface area contributed by atoms with Crippen molar-refractivity contribution in [3.63, 3.8) is 0 Å². The van der Waals surface area contributed by atoms with Gasteiger partial charge in [-0.25, -0.2) is 0 Å². The first kappa shape index (κ1) is 25.5. The highest BCUT2D eigenvalue weighted by Gasteiger charge is 2.52. The Morgan fingerprint density at radius 2 is 1.94 bits per heavy atom. The summed E-state index contributed by atoms with van der Waals surface area (Å²) in [4.78, 5) is 0. The van der Waals surface area contributed by atoms with Gasteiger partial charge in [-0.05, 0) is 98.7 Å². The Labute approximate surface area is 197 Å². The van der Waals surface area contributed by atoms with Gasteiger partial charge in [0.1, 0.15) is 0 Å². The van der Waals surface area contributed by atoms with Crippen LogP contribution in [0.1, 0.15) is 98.8 Å². The van der Waals surface area contributed by atoms with Crippen LogP contribution in [0.4, 0.5) is 0 Å². The molecule has 2 nitrogen and oxygen atoms in total. The fourth-order valence-corrected chi connectivity index (χ4v) is 7.33. The maximum atomic E-state index is 10.4. The zero-order valence-electron chi connectivity index (χ0n) is 21.4. The Morgan fingerprint density at radius 1 is 1.22 bits per heavy atom. The van der Waals surface area contributed by atoms with Gasteiger partial charge in [0.2, 0.25) is 0 Å². The van der Waals surface area contributed by atoms with E-state index in [-0.39, 0.29) is 5.92 Å². The second-order valence-corrected chi connectivity index (χ2v) is 11.8. The van der Waals surface area contributed by atoms with E-state index < -0.39 is 11.7 Å². The number of rotatable bonds is 7. The van der Waals surface area contributed by atoms with Crippen LogP contribution >= 0.6 is 0 Å². The highest BCUT2D eigenvalue weighted by molar-refractivity contribution is 5.43. The molecule has 180 valence electrons. The minimum absolute atomic E-state index is 0.157. The standard InChI is InChI=1S/C30H48O2/c1-8-30-18-10-12-24(13-14-25-19-28(31)23(5)21(3)22(25)4)27(30)16-15-26(30)20(2)11-9-17-29(6,7)32/h13-14,20-21,26-28,31-32H,4-5,8-12,15-19H2,1-3,6-7H3/b24-13+,25-14-/t20?,21?,26-,27+,28-,30?/m1/s1. The number of allylic oxidation sites excluding steroid dienone is 4. The van der Waals surface area contributed by atoms with E-state index in [0.29, 0.717) is 17.8 Å². The zero-order chi connectivity index (χ0) is 23.7. The van der Waals surface area contributed by atoms with E-state index >= 15 is 0 Å². The fraction of sp³-hybridized carbons (Fsp3) is 0.733. The lowest BCUT2D eigenvalue weighted by molar-refractivity contribution is 0.0519. The highest BCUT2D eigenvalue weighted by Crippen LogP contribution is 2.61. The molecule has 2 heteroatoms. The van der Waals surface area contributed by atoms with Crippen LogP contribution in [-0.2, 0) is 0 Å². The molecule has 0 saturated heterocycles. The van der Waals surface area contributed by atoms with Gasteiger partial charge in [0, 0.05) is 12.3 Å². The van der Waals surface area contributed by atoms with Gasteiger partial charge in [-0.15, -0.1) is 0 Å². The Morgan fingerprint density at radius 3 is 2.59 bits per heavy atom. The van der Waals surface area contributed by atoms with E-state index in [1.165, 1.54) is 50.5 Å². The number of aliphatic hydroxyl groups is 2. The summed E-state index contributed by atoms with van der Waals surface area (Å²) < 4.78 is 0. The third-order valence-corrected chi connectivity index (χ3v) is 9.38. The molecule has 0 amide bonds. The van der Waals surface area contributed by atoms with Gasteiger partial charge in [-0.2, -0.15) is 0 Å². The van der Waals surface area contributed by atoms with Gasteiger partial charge in [0.25, 0.3) is 0 Å². The number of hydrogen-bond donors (Lipinski definition) is 2. The topological polar surface area (TPSA) is 40.5 Å². The van der Waals surface area contributed by atoms with E-state index in [1.807, 2.05) is 13.8 Å². The quantitative estimate of drug-likeness (QED) is 0.401. The maximum Gasteiger partial charge on any atom is 0.0793 e. The van der Waals surface area contributed by atoms with Crippen LogP contribution in [0.2, 0.25) is 0 Å². The first-order valence-corrected chi connectivity index (χ1v) is 13.2. The summed E-state index contributed by atoms with van der Waals surface area (Å²) in [5, 5.41) is 20.5. The Balaban J connectivity index is 1.76. The molecule has 32 heavy (non-hydrogen) atoms. The van der Waals surface area contributed by atoms with Gasteiger partial charge in [-0.1, -0.05) is 64.5 Å². The summed E-state index contributed by atoms with van der Waals surface area (Å²) in [7, 11) is 0. The molecule has 3 saturated carbocycles. The van der Waals surface area contributed by atoms with Crippen LogP contribution in [0, 0.1) is 29.1 Å². The van der Waals surface area contributed by atoms with Gasteiger partial charge >= 0.3 is 0 Å². The molecule has 0 aliphatic heterocycles. The first-order valence-electron chi connectivity index (χ1n) is 13.2. The Hall–Kier alpha value is -1.12. The fourth-order valence-electron chi connectivity index (χ4n) is 7.33. The van der Waals surface area contributed by atoms with Crippen molar-refractivity contribution in [1.29, 1.82) is 0 Å². The van der Waals surface area contributed by atoms with Crippen molar-refractivity contribution < 1.29 is 10.2 Å². The average molecular weight is 441 g/mol. The minimum atomic E-state index is -0.546. The molecule has 6 atom stereocenters. The average Bonchev–Trinajstić information content (AvgIpc) is 3.13. The van der Waals surface area contributed by atoms with Crippen LogP contribution in [0.5, 0.6) is 0 Å². The molecule has 0 radical (unpaired) electrons. The Kier molecular flexibility index (Phi) is 7.98.